The molecule has 1 aromatic rings. The Labute approximate surface area is 124 Å². The van der Waals surface area contributed by atoms with Crippen LogP contribution in [0.25, 0.3) is 0 Å². The lowest BCUT2D eigenvalue weighted by molar-refractivity contribution is -0.385. The summed E-state index contributed by atoms with van der Waals surface area (Å²) < 4.78 is 0. The summed E-state index contributed by atoms with van der Waals surface area (Å²) in [6.45, 7) is 5.50. The average molecular weight is 300 g/mol. The molecule has 0 spiro atoms. The third-order valence-electron chi connectivity index (χ3n) is 3.38. The quantitative estimate of drug-likeness (QED) is 0.620. The summed E-state index contributed by atoms with van der Waals surface area (Å²) in [5, 5.41) is 11.4. The van der Waals surface area contributed by atoms with Crippen LogP contribution in [0.1, 0.15) is 25.8 Å². The summed E-state index contributed by atoms with van der Waals surface area (Å²) in [5.41, 5.74) is 6.74. The van der Waals surface area contributed by atoms with Crippen molar-refractivity contribution in [3.63, 3.8) is 0 Å². The number of benzene rings is 1. The second-order valence-electron chi connectivity index (χ2n) is 5.46. The van der Waals surface area contributed by atoms with E-state index in [-0.39, 0.29) is 11.7 Å². The Bertz CT molecular complexity index is 466. The van der Waals surface area contributed by atoms with E-state index in [1.807, 2.05) is 11.9 Å². The van der Waals surface area contributed by atoms with Crippen molar-refractivity contribution in [3.8, 4) is 0 Å². The highest BCUT2D eigenvalue weighted by Crippen LogP contribution is 2.24. The van der Waals surface area contributed by atoms with Gasteiger partial charge in [-0.2, -0.15) is 0 Å². The van der Waals surface area contributed by atoms with Gasteiger partial charge in [0.2, 0.25) is 0 Å². The van der Waals surface area contributed by atoms with Gasteiger partial charge in [0, 0.05) is 29.2 Å². The van der Waals surface area contributed by atoms with E-state index in [0.29, 0.717) is 23.0 Å². The predicted molar refractivity (Wildman–Crippen MR) is 81.9 cm³/mol. The lowest BCUT2D eigenvalue weighted by Gasteiger charge is -2.21. The van der Waals surface area contributed by atoms with E-state index < -0.39 is 4.92 Å². The highest BCUT2D eigenvalue weighted by Gasteiger charge is 2.16. The summed E-state index contributed by atoms with van der Waals surface area (Å²) in [7, 11) is 1.94. The zero-order valence-corrected chi connectivity index (χ0v) is 12.9. The predicted octanol–water partition coefficient (Wildman–Crippen LogP) is 3.05. The van der Waals surface area contributed by atoms with Crippen LogP contribution >= 0.6 is 11.6 Å². The van der Waals surface area contributed by atoms with Crippen LogP contribution < -0.4 is 5.73 Å². The molecule has 0 heterocycles. The normalized spacial score (nSPS) is 12.9. The van der Waals surface area contributed by atoms with Gasteiger partial charge in [-0.1, -0.05) is 25.4 Å². The lowest BCUT2D eigenvalue weighted by atomic mass is 10.0. The Balaban J connectivity index is 2.66. The summed E-state index contributed by atoms with van der Waals surface area (Å²) >= 11 is 5.80. The van der Waals surface area contributed by atoms with Gasteiger partial charge in [-0.15, -0.1) is 0 Å². The first kappa shape index (κ1) is 16.9. The number of nitrogens with two attached hydrogens (primary N) is 1. The maximum Gasteiger partial charge on any atom is 0.275 e. The van der Waals surface area contributed by atoms with Crippen LogP contribution in [0.15, 0.2) is 18.2 Å². The molecule has 0 radical (unpaired) electrons. The number of hydrogen-bond donors (Lipinski definition) is 1. The molecule has 1 atom stereocenters. The van der Waals surface area contributed by atoms with Crippen molar-refractivity contribution in [1.29, 1.82) is 0 Å². The summed E-state index contributed by atoms with van der Waals surface area (Å²) in [4.78, 5) is 12.7. The molecule has 1 unspecified atom stereocenters. The van der Waals surface area contributed by atoms with Crippen molar-refractivity contribution in [2.75, 3.05) is 13.6 Å². The van der Waals surface area contributed by atoms with Crippen LogP contribution in [0.3, 0.4) is 0 Å². The average Bonchev–Trinajstić information content (AvgIpc) is 2.37. The van der Waals surface area contributed by atoms with E-state index >= 15 is 0 Å². The maximum absolute atomic E-state index is 11.0. The molecular weight excluding hydrogens is 278 g/mol. The Kier molecular flexibility index (Phi) is 6.39. The Morgan fingerprint density at radius 1 is 1.45 bits per heavy atom. The van der Waals surface area contributed by atoms with Gasteiger partial charge in [-0.05, 0) is 38.1 Å². The number of hydrogen-bond acceptors (Lipinski definition) is 4. The molecule has 0 saturated heterocycles. The fourth-order valence-electron chi connectivity index (χ4n) is 1.91. The van der Waals surface area contributed by atoms with Gasteiger partial charge in [0.1, 0.15) is 0 Å². The first-order valence-electron chi connectivity index (χ1n) is 6.68. The smallest absolute Gasteiger partial charge is 0.275 e. The monoisotopic (exact) mass is 299 g/mol. The third kappa shape index (κ3) is 5.07. The SMILES string of the molecule is CC(C)C(N)CCN(C)Cc1ccc(Cl)cc1[N+](=O)[O-]. The van der Waals surface area contributed by atoms with Gasteiger partial charge >= 0.3 is 0 Å². The molecule has 20 heavy (non-hydrogen) atoms. The molecule has 0 bridgehead atoms. The van der Waals surface area contributed by atoms with Gasteiger partial charge in [0.05, 0.1) is 4.92 Å². The molecule has 5 nitrogen and oxygen atoms in total. The Morgan fingerprint density at radius 2 is 2.10 bits per heavy atom. The summed E-state index contributed by atoms with van der Waals surface area (Å²) in [6.07, 6.45) is 0.871. The van der Waals surface area contributed by atoms with E-state index in [1.165, 1.54) is 6.07 Å². The lowest BCUT2D eigenvalue weighted by Crippen LogP contribution is -2.31. The first-order valence-corrected chi connectivity index (χ1v) is 7.06. The van der Waals surface area contributed by atoms with E-state index in [2.05, 4.69) is 13.8 Å². The van der Waals surface area contributed by atoms with Gasteiger partial charge in [-0.25, -0.2) is 0 Å². The van der Waals surface area contributed by atoms with Crippen LogP contribution in [0.2, 0.25) is 5.02 Å². The van der Waals surface area contributed by atoms with Crippen LogP contribution in [0.4, 0.5) is 5.69 Å². The summed E-state index contributed by atoms with van der Waals surface area (Å²) in [5.74, 6) is 0.438. The van der Waals surface area contributed by atoms with E-state index in [4.69, 9.17) is 17.3 Å². The molecule has 0 aliphatic rings. The van der Waals surface area contributed by atoms with Gasteiger partial charge < -0.3 is 10.6 Å². The second kappa shape index (κ2) is 7.57. The standard InChI is InChI=1S/C14H22ClN3O2/c1-10(2)13(16)6-7-17(3)9-11-4-5-12(15)8-14(11)18(19)20/h4-5,8,10,13H,6-7,9,16H2,1-3H3. The van der Waals surface area contributed by atoms with Crippen LogP contribution in [-0.2, 0) is 6.54 Å². The molecule has 2 N–H and O–H groups in total. The second-order valence-corrected chi connectivity index (χ2v) is 5.90. The number of halogens is 1. The first-order chi connectivity index (χ1) is 9.31. The van der Waals surface area contributed by atoms with Crippen LogP contribution in [-0.4, -0.2) is 29.5 Å². The fraction of sp³-hybridized carbons (Fsp3) is 0.571. The molecule has 0 saturated carbocycles. The molecule has 0 aromatic heterocycles. The van der Waals surface area contributed by atoms with Crippen molar-refractivity contribution < 1.29 is 4.92 Å². The summed E-state index contributed by atoms with van der Waals surface area (Å²) in [6, 6.07) is 4.93. The molecule has 0 aliphatic carbocycles. The van der Waals surface area contributed by atoms with Crippen LogP contribution in [0.5, 0.6) is 0 Å². The molecule has 0 aliphatic heterocycles. The van der Waals surface area contributed by atoms with Crippen molar-refractivity contribution in [1.82, 2.24) is 4.90 Å². The maximum atomic E-state index is 11.0. The molecule has 1 aromatic carbocycles. The number of nitro groups is 1. The highest BCUT2D eigenvalue weighted by molar-refractivity contribution is 6.30. The van der Waals surface area contributed by atoms with Crippen molar-refractivity contribution in [3.05, 3.63) is 38.9 Å². The van der Waals surface area contributed by atoms with Crippen molar-refractivity contribution in [2.24, 2.45) is 11.7 Å². The largest absolute Gasteiger partial charge is 0.327 e. The zero-order valence-electron chi connectivity index (χ0n) is 12.2. The highest BCUT2D eigenvalue weighted by atomic mass is 35.5. The Morgan fingerprint density at radius 3 is 2.65 bits per heavy atom. The zero-order chi connectivity index (χ0) is 15.3. The van der Waals surface area contributed by atoms with E-state index in [0.717, 1.165) is 13.0 Å². The van der Waals surface area contributed by atoms with Gasteiger partial charge in [-0.3, -0.25) is 10.1 Å². The number of rotatable bonds is 7. The molecular formula is C14H22ClN3O2. The van der Waals surface area contributed by atoms with E-state index in [1.54, 1.807) is 12.1 Å². The van der Waals surface area contributed by atoms with Crippen LogP contribution in [0, 0.1) is 16.0 Å². The molecule has 6 heteroatoms. The number of nitrogens with zero attached hydrogens (tertiary/aromatic N) is 2. The minimum atomic E-state index is -0.394. The van der Waals surface area contributed by atoms with E-state index in [9.17, 15) is 10.1 Å². The third-order valence-corrected chi connectivity index (χ3v) is 3.62. The van der Waals surface area contributed by atoms with Gasteiger partial charge in [0.15, 0.2) is 0 Å². The molecule has 0 fully saturated rings. The molecule has 112 valence electrons. The van der Waals surface area contributed by atoms with Crippen molar-refractivity contribution >= 4 is 17.3 Å². The minimum absolute atomic E-state index is 0.0671. The fourth-order valence-corrected chi connectivity index (χ4v) is 2.08. The minimum Gasteiger partial charge on any atom is -0.327 e. The topological polar surface area (TPSA) is 72.4 Å². The Hall–Kier alpha value is -1.17. The molecule has 1 rings (SSSR count). The number of nitro benzene ring substituents is 1. The van der Waals surface area contributed by atoms with Gasteiger partial charge in [0.25, 0.3) is 5.69 Å². The van der Waals surface area contributed by atoms with Crippen molar-refractivity contribution in [2.45, 2.75) is 32.9 Å². The molecule has 0 amide bonds.